The number of rotatable bonds is 6. The van der Waals surface area contributed by atoms with E-state index in [1.807, 2.05) is 6.08 Å². The van der Waals surface area contributed by atoms with Crippen LogP contribution in [-0.2, 0) is 0 Å². The van der Waals surface area contributed by atoms with Crippen LogP contribution < -0.4 is 0 Å². The van der Waals surface area contributed by atoms with Crippen LogP contribution in [0.15, 0.2) is 12.7 Å². The molecule has 0 aromatic carbocycles. The van der Waals surface area contributed by atoms with E-state index in [2.05, 4.69) is 20.4 Å². The molecule has 0 aliphatic rings. The highest BCUT2D eigenvalue weighted by Crippen LogP contribution is 2.16. The summed E-state index contributed by atoms with van der Waals surface area (Å²) in [5.74, 6) is 0.766. The molecular formula is C10H19Cl. The van der Waals surface area contributed by atoms with E-state index in [1.54, 1.807) is 0 Å². The quantitative estimate of drug-likeness (QED) is 0.325. The lowest BCUT2D eigenvalue weighted by molar-refractivity contribution is 0.475. The molecule has 0 saturated heterocycles. The summed E-state index contributed by atoms with van der Waals surface area (Å²) >= 11 is 5.87. The van der Waals surface area contributed by atoms with Crippen LogP contribution >= 0.6 is 11.6 Å². The van der Waals surface area contributed by atoms with Crippen LogP contribution in [0.25, 0.3) is 0 Å². The van der Waals surface area contributed by atoms with Gasteiger partial charge in [-0.25, -0.2) is 0 Å². The Bertz CT molecular complexity index is 97.0. The minimum atomic E-state index is 0.328. The van der Waals surface area contributed by atoms with Gasteiger partial charge in [0.25, 0.3) is 0 Å². The van der Waals surface area contributed by atoms with Crippen molar-refractivity contribution >= 4 is 11.6 Å². The topological polar surface area (TPSA) is 0 Å². The second kappa shape index (κ2) is 6.72. The van der Waals surface area contributed by atoms with Crippen molar-refractivity contribution < 1.29 is 0 Å². The van der Waals surface area contributed by atoms with Gasteiger partial charge >= 0.3 is 0 Å². The molecule has 66 valence electrons. The Balaban J connectivity index is 3.21. The van der Waals surface area contributed by atoms with Gasteiger partial charge in [-0.2, -0.15) is 0 Å². The van der Waals surface area contributed by atoms with Crippen molar-refractivity contribution in [2.45, 2.75) is 44.9 Å². The van der Waals surface area contributed by atoms with Crippen molar-refractivity contribution in [2.24, 2.45) is 5.92 Å². The van der Waals surface area contributed by atoms with Gasteiger partial charge in [-0.05, 0) is 32.1 Å². The summed E-state index contributed by atoms with van der Waals surface area (Å²) in [7, 11) is 0. The molecule has 0 aromatic rings. The summed E-state index contributed by atoms with van der Waals surface area (Å²) in [6, 6.07) is 0. The van der Waals surface area contributed by atoms with Crippen LogP contribution in [0, 0.1) is 5.92 Å². The van der Waals surface area contributed by atoms with Crippen molar-refractivity contribution in [3.05, 3.63) is 12.7 Å². The van der Waals surface area contributed by atoms with Gasteiger partial charge in [-0.3, -0.25) is 0 Å². The van der Waals surface area contributed by atoms with Crippen molar-refractivity contribution in [1.82, 2.24) is 0 Å². The second-order valence-corrected chi connectivity index (χ2v) is 4.09. The van der Waals surface area contributed by atoms with Gasteiger partial charge < -0.3 is 0 Å². The summed E-state index contributed by atoms with van der Waals surface area (Å²) < 4.78 is 0. The number of allylic oxidation sites excluding steroid dienone is 1. The van der Waals surface area contributed by atoms with Crippen LogP contribution in [0.5, 0.6) is 0 Å². The van der Waals surface area contributed by atoms with Crippen LogP contribution in [0.3, 0.4) is 0 Å². The lowest BCUT2D eigenvalue weighted by Gasteiger charge is -2.11. The first-order valence-electron chi connectivity index (χ1n) is 4.41. The van der Waals surface area contributed by atoms with Gasteiger partial charge in [0.15, 0.2) is 0 Å². The molecule has 0 heterocycles. The Hall–Kier alpha value is 0.0300. The third-order valence-corrected chi connectivity index (χ3v) is 2.01. The Morgan fingerprint density at radius 2 is 2.09 bits per heavy atom. The van der Waals surface area contributed by atoms with Gasteiger partial charge in [-0.1, -0.05) is 19.4 Å². The van der Waals surface area contributed by atoms with E-state index in [-0.39, 0.29) is 0 Å². The lowest BCUT2D eigenvalue weighted by atomic mass is 9.99. The third kappa shape index (κ3) is 7.93. The highest BCUT2D eigenvalue weighted by molar-refractivity contribution is 6.20. The Labute approximate surface area is 75.6 Å². The Morgan fingerprint density at radius 1 is 1.45 bits per heavy atom. The normalized spacial score (nSPS) is 15.9. The maximum atomic E-state index is 5.87. The summed E-state index contributed by atoms with van der Waals surface area (Å²) in [5, 5.41) is 0.328. The van der Waals surface area contributed by atoms with Crippen molar-refractivity contribution in [2.75, 3.05) is 0 Å². The number of halogens is 1. The number of unbranched alkanes of at least 4 members (excludes halogenated alkanes) is 1. The summed E-state index contributed by atoms with van der Waals surface area (Å²) in [4.78, 5) is 0. The molecule has 0 rings (SSSR count). The molecule has 0 bridgehead atoms. The molecule has 0 radical (unpaired) electrons. The minimum Gasteiger partial charge on any atom is -0.123 e. The standard InChI is InChI=1S/C10H19Cl/c1-4-5-6-7-9(2)8-10(3)11/h4,9-10H,1,5-8H2,2-3H3. The highest BCUT2D eigenvalue weighted by atomic mass is 35.5. The van der Waals surface area contributed by atoms with Crippen LogP contribution in [0.4, 0.5) is 0 Å². The average molecular weight is 175 g/mol. The number of alkyl halides is 1. The predicted octanol–water partition coefficient (Wildman–Crippen LogP) is 4.00. The van der Waals surface area contributed by atoms with E-state index in [1.165, 1.54) is 12.8 Å². The average Bonchev–Trinajstić information content (AvgIpc) is 1.86. The molecule has 2 atom stereocenters. The van der Waals surface area contributed by atoms with Crippen LogP contribution in [0.1, 0.15) is 39.5 Å². The molecule has 0 N–H and O–H groups in total. The molecule has 2 unspecified atom stereocenters. The number of hydrogen-bond acceptors (Lipinski definition) is 0. The van der Waals surface area contributed by atoms with Gasteiger partial charge in [0.05, 0.1) is 0 Å². The Morgan fingerprint density at radius 3 is 2.55 bits per heavy atom. The molecule has 0 spiro atoms. The second-order valence-electron chi connectivity index (χ2n) is 3.34. The zero-order chi connectivity index (χ0) is 8.69. The maximum Gasteiger partial charge on any atom is 0.0310 e. The molecule has 0 aromatic heterocycles. The summed E-state index contributed by atoms with van der Waals surface area (Å²) in [6.07, 6.45) is 6.80. The molecule has 0 aliphatic carbocycles. The van der Waals surface area contributed by atoms with E-state index in [4.69, 9.17) is 11.6 Å². The predicted molar refractivity (Wildman–Crippen MR) is 53.1 cm³/mol. The van der Waals surface area contributed by atoms with Gasteiger partial charge in [0.1, 0.15) is 0 Å². The minimum absolute atomic E-state index is 0.328. The maximum absolute atomic E-state index is 5.87. The molecule has 1 heteroatoms. The fourth-order valence-electron chi connectivity index (χ4n) is 1.28. The van der Waals surface area contributed by atoms with Gasteiger partial charge in [-0.15, -0.1) is 18.2 Å². The molecule has 0 nitrogen and oxygen atoms in total. The first kappa shape index (κ1) is 11.0. The summed E-state index contributed by atoms with van der Waals surface area (Å²) in [6.45, 7) is 8.02. The van der Waals surface area contributed by atoms with E-state index in [0.29, 0.717) is 5.38 Å². The van der Waals surface area contributed by atoms with E-state index in [0.717, 1.165) is 18.8 Å². The summed E-state index contributed by atoms with van der Waals surface area (Å²) in [5.41, 5.74) is 0. The molecular weight excluding hydrogens is 156 g/mol. The van der Waals surface area contributed by atoms with E-state index < -0.39 is 0 Å². The van der Waals surface area contributed by atoms with E-state index in [9.17, 15) is 0 Å². The molecule has 0 saturated carbocycles. The van der Waals surface area contributed by atoms with Crippen molar-refractivity contribution in [3.63, 3.8) is 0 Å². The molecule has 0 aliphatic heterocycles. The number of hydrogen-bond donors (Lipinski definition) is 0. The monoisotopic (exact) mass is 174 g/mol. The van der Waals surface area contributed by atoms with Crippen molar-refractivity contribution in [3.8, 4) is 0 Å². The first-order valence-corrected chi connectivity index (χ1v) is 4.85. The van der Waals surface area contributed by atoms with Crippen molar-refractivity contribution in [1.29, 1.82) is 0 Å². The SMILES string of the molecule is C=CCCCC(C)CC(C)Cl. The fraction of sp³-hybridized carbons (Fsp3) is 0.800. The molecule has 0 amide bonds. The zero-order valence-electron chi connectivity index (χ0n) is 7.65. The van der Waals surface area contributed by atoms with E-state index >= 15 is 0 Å². The highest BCUT2D eigenvalue weighted by Gasteiger charge is 2.04. The third-order valence-electron chi connectivity index (χ3n) is 1.83. The largest absolute Gasteiger partial charge is 0.123 e. The van der Waals surface area contributed by atoms with Gasteiger partial charge in [0.2, 0.25) is 0 Å². The first-order chi connectivity index (χ1) is 5.16. The van der Waals surface area contributed by atoms with Gasteiger partial charge in [0, 0.05) is 5.38 Å². The Kier molecular flexibility index (Phi) is 6.74. The zero-order valence-corrected chi connectivity index (χ0v) is 8.40. The molecule has 11 heavy (non-hydrogen) atoms. The van der Waals surface area contributed by atoms with Crippen LogP contribution in [-0.4, -0.2) is 5.38 Å². The van der Waals surface area contributed by atoms with Crippen LogP contribution in [0.2, 0.25) is 0 Å². The molecule has 0 fully saturated rings. The fourth-order valence-corrected chi connectivity index (χ4v) is 1.59. The smallest absolute Gasteiger partial charge is 0.0310 e. The lowest BCUT2D eigenvalue weighted by Crippen LogP contribution is -2.01.